The van der Waals surface area contributed by atoms with Crippen molar-refractivity contribution in [3.8, 4) is 0 Å². The first kappa shape index (κ1) is 21.3. The predicted octanol–water partition coefficient (Wildman–Crippen LogP) is 3.08. The van der Waals surface area contributed by atoms with Gasteiger partial charge in [0, 0.05) is 44.7 Å². The number of carbonyl (C=O) groups excluding carboxylic acids is 1. The number of ether oxygens (including phenoxy) is 1. The molecule has 1 aliphatic rings. The second kappa shape index (κ2) is 9.04. The van der Waals surface area contributed by atoms with E-state index in [-0.39, 0.29) is 23.7 Å². The maximum Gasteiger partial charge on any atom is 0.252 e. The molecule has 1 fully saturated rings. The average molecular weight is 420 g/mol. The van der Waals surface area contributed by atoms with Gasteiger partial charge in [0.25, 0.3) is 11.5 Å². The molecule has 3 aromatic rings. The topological polar surface area (TPSA) is 63.6 Å². The summed E-state index contributed by atoms with van der Waals surface area (Å²) in [5, 5.41) is 3.72. The van der Waals surface area contributed by atoms with Crippen molar-refractivity contribution in [2.45, 2.75) is 39.1 Å². The SMILES string of the molecule is CC1CN(Cc2ccc(CNC(=O)c3cc(=O)n(C)c4ccccc34)cc2)CC(C)O1. The predicted molar refractivity (Wildman–Crippen MR) is 122 cm³/mol. The third-order valence-corrected chi connectivity index (χ3v) is 5.78. The molecule has 0 aliphatic carbocycles. The van der Waals surface area contributed by atoms with Crippen molar-refractivity contribution in [1.29, 1.82) is 0 Å². The third kappa shape index (κ3) is 4.86. The first-order chi connectivity index (χ1) is 14.9. The summed E-state index contributed by atoms with van der Waals surface area (Å²) in [6.45, 7) is 7.40. The number of rotatable bonds is 5. The van der Waals surface area contributed by atoms with Crippen LogP contribution >= 0.6 is 0 Å². The van der Waals surface area contributed by atoms with Crippen molar-refractivity contribution in [2.75, 3.05) is 13.1 Å². The summed E-state index contributed by atoms with van der Waals surface area (Å²) < 4.78 is 7.36. The number of nitrogens with zero attached hydrogens (tertiary/aromatic N) is 2. The van der Waals surface area contributed by atoms with E-state index in [1.165, 1.54) is 11.6 Å². The van der Waals surface area contributed by atoms with Gasteiger partial charge in [-0.05, 0) is 31.0 Å². The zero-order valence-corrected chi connectivity index (χ0v) is 18.3. The summed E-state index contributed by atoms with van der Waals surface area (Å²) in [7, 11) is 1.71. The van der Waals surface area contributed by atoms with Gasteiger partial charge in [-0.25, -0.2) is 0 Å². The molecule has 0 saturated carbocycles. The molecule has 4 rings (SSSR count). The van der Waals surface area contributed by atoms with Crippen LogP contribution in [0, 0.1) is 0 Å². The van der Waals surface area contributed by atoms with E-state index >= 15 is 0 Å². The molecule has 1 saturated heterocycles. The van der Waals surface area contributed by atoms with Gasteiger partial charge >= 0.3 is 0 Å². The van der Waals surface area contributed by atoms with Crippen molar-refractivity contribution in [1.82, 2.24) is 14.8 Å². The zero-order chi connectivity index (χ0) is 22.0. The smallest absolute Gasteiger partial charge is 0.252 e. The van der Waals surface area contributed by atoms with E-state index in [4.69, 9.17) is 4.74 Å². The number of nitrogens with one attached hydrogen (secondary N) is 1. The number of amides is 1. The molecule has 1 aliphatic heterocycles. The Balaban J connectivity index is 1.41. The van der Waals surface area contributed by atoms with Crippen molar-refractivity contribution in [3.63, 3.8) is 0 Å². The fourth-order valence-corrected chi connectivity index (χ4v) is 4.31. The maximum absolute atomic E-state index is 12.8. The lowest BCUT2D eigenvalue weighted by Gasteiger charge is -2.35. The number of benzene rings is 2. The molecular weight excluding hydrogens is 390 g/mol. The Labute approximate surface area is 182 Å². The van der Waals surface area contributed by atoms with Gasteiger partial charge in [-0.3, -0.25) is 14.5 Å². The Morgan fingerprint density at radius 1 is 1.03 bits per heavy atom. The van der Waals surface area contributed by atoms with Gasteiger partial charge in [0.05, 0.1) is 23.3 Å². The van der Waals surface area contributed by atoms with Crippen LogP contribution in [-0.2, 0) is 24.9 Å². The van der Waals surface area contributed by atoms with Crippen LogP contribution in [0.3, 0.4) is 0 Å². The van der Waals surface area contributed by atoms with Crippen LogP contribution in [0.4, 0.5) is 0 Å². The van der Waals surface area contributed by atoms with Gasteiger partial charge in [0.2, 0.25) is 0 Å². The molecule has 6 nitrogen and oxygen atoms in total. The number of aryl methyl sites for hydroxylation is 1. The lowest BCUT2D eigenvalue weighted by Crippen LogP contribution is -2.44. The molecule has 2 aromatic carbocycles. The minimum absolute atomic E-state index is 0.194. The van der Waals surface area contributed by atoms with E-state index in [1.54, 1.807) is 11.6 Å². The normalized spacial score (nSPS) is 19.5. The van der Waals surface area contributed by atoms with E-state index in [2.05, 4.69) is 36.2 Å². The molecule has 0 spiro atoms. The lowest BCUT2D eigenvalue weighted by molar-refractivity contribution is -0.0704. The fourth-order valence-electron chi connectivity index (χ4n) is 4.31. The third-order valence-electron chi connectivity index (χ3n) is 5.78. The van der Waals surface area contributed by atoms with Crippen LogP contribution < -0.4 is 10.9 Å². The fraction of sp³-hybridized carbons (Fsp3) is 0.360. The Hall–Kier alpha value is -2.96. The molecule has 1 amide bonds. The quantitative estimate of drug-likeness (QED) is 0.690. The molecule has 162 valence electrons. The molecule has 6 heteroatoms. The number of hydrogen-bond donors (Lipinski definition) is 1. The molecule has 2 heterocycles. The van der Waals surface area contributed by atoms with E-state index in [1.807, 2.05) is 36.4 Å². The lowest BCUT2D eigenvalue weighted by atomic mass is 10.1. The monoisotopic (exact) mass is 419 g/mol. The van der Waals surface area contributed by atoms with Gasteiger partial charge < -0.3 is 14.6 Å². The van der Waals surface area contributed by atoms with Crippen LogP contribution in [0.1, 0.15) is 35.3 Å². The van der Waals surface area contributed by atoms with Gasteiger partial charge in [0.15, 0.2) is 0 Å². The van der Waals surface area contributed by atoms with Crippen molar-refractivity contribution >= 4 is 16.8 Å². The number of fused-ring (bicyclic) bond motifs is 1. The summed E-state index contributed by atoms with van der Waals surface area (Å²) in [5.41, 5.74) is 3.23. The highest BCUT2D eigenvalue weighted by atomic mass is 16.5. The number of morpholine rings is 1. The summed E-state index contributed by atoms with van der Waals surface area (Å²) in [4.78, 5) is 27.5. The van der Waals surface area contributed by atoms with E-state index in [9.17, 15) is 9.59 Å². The second-order valence-electron chi connectivity index (χ2n) is 8.42. The summed E-state index contributed by atoms with van der Waals surface area (Å²) >= 11 is 0. The number of hydrogen-bond acceptors (Lipinski definition) is 4. The Morgan fingerprint density at radius 2 is 1.68 bits per heavy atom. The standard InChI is InChI=1S/C25H29N3O3/c1-17-14-28(15-18(2)31-17)16-20-10-8-19(9-11-20)13-26-25(30)22-12-24(29)27(3)23-7-5-4-6-21(22)23/h4-12,17-18H,13-16H2,1-3H3,(H,26,30). The van der Waals surface area contributed by atoms with Crippen molar-refractivity contribution < 1.29 is 9.53 Å². The van der Waals surface area contributed by atoms with Gasteiger partial charge in [-0.15, -0.1) is 0 Å². The number of para-hydroxylation sites is 1. The first-order valence-corrected chi connectivity index (χ1v) is 10.7. The molecular formula is C25H29N3O3. The molecule has 31 heavy (non-hydrogen) atoms. The molecule has 1 N–H and O–H groups in total. The maximum atomic E-state index is 12.8. The van der Waals surface area contributed by atoms with E-state index < -0.39 is 0 Å². The molecule has 0 bridgehead atoms. The Bertz CT molecular complexity index is 1130. The van der Waals surface area contributed by atoms with E-state index in [0.29, 0.717) is 12.1 Å². The van der Waals surface area contributed by atoms with Gasteiger partial charge in [-0.1, -0.05) is 42.5 Å². The summed E-state index contributed by atoms with van der Waals surface area (Å²) in [6, 6.07) is 17.2. The van der Waals surface area contributed by atoms with Gasteiger partial charge in [-0.2, -0.15) is 0 Å². The van der Waals surface area contributed by atoms with Crippen LogP contribution in [0.5, 0.6) is 0 Å². The molecule has 1 aromatic heterocycles. The summed E-state index contributed by atoms with van der Waals surface area (Å²) in [5.74, 6) is -0.241. The second-order valence-corrected chi connectivity index (χ2v) is 8.42. The van der Waals surface area contributed by atoms with Crippen LogP contribution in [0.2, 0.25) is 0 Å². The van der Waals surface area contributed by atoms with Crippen LogP contribution in [-0.4, -0.2) is 40.7 Å². The van der Waals surface area contributed by atoms with Gasteiger partial charge in [0.1, 0.15) is 0 Å². The number of aromatic nitrogens is 1. The number of carbonyl (C=O) groups is 1. The largest absolute Gasteiger partial charge is 0.373 e. The highest BCUT2D eigenvalue weighted by molar-refractivity contribution is 6.06. The highest BCUT2D eigenvalue weighted by Crippen LogP contribution is 2.17. The summed E-state index contributed by atoms with van der Waals surface area (Å²) in [6.07, 6.45) is 0.508. The van der Waals surface area contributed by atoms with Crippen LogP contribution in [0.15, 0.2) is 59.4 Å². The van der Waals surface area contributed by atoms with E-state index in [0.717, 1.165) is 36.1 Å². The minimum atomic E-state index is -0.241. The van der Waals surface area contributed by atoms with Crippen LogP contribution in [0.25, 0.3) is 10.9 Å². The minimum Gasteiger partial charge on any atom is -0.373 e. The first-order valence-electron chi connectivity index (χ1n) is 10.7. The Morgan fingerprint density at radius 3 is 2.39 bits per heavy atom. The van der Waals surface area contributed by atoms with Crippen molar-refractivity contribution in [2.24, 2.45) is 7.05 Å². The average Bonchev–Trinajstić information content (AvgIpc) is 2.75. The highest BCUT2D eigenvalue weighted by Gasteiger charge is 2.22. The van der Waals surface area contributed by atoms with Crippen molar-refractivity contribution in [3.05, 3.63) is 81.6 Å². The molecule has 0 radical (unpaired) electrons. The number of pyridine rings is 1. The zero-order valence-electron chi connectivity index (χ0n) is 18.3. The Kier molecular flexibility index (Phi) is 6.20. The molecule has 2 atom stereocenters. The molecule has 2 unspecified atom stereocenters.